The van der Waals surface area contributed by atoms with Gasteiger partial charge in [0.2, 0.25) is 5.91 Å². The van der Waals surface area contributed by atoms with Crippen LogP contribution in [0.5, 0.6) is 0 Å². The smallest absolute Gasteiger partial charge is 0.311 e. The first-order valence-electron chi connectivity index (χ1n) is 6.21. The second kappa shape index (κ2) is 6.87. The van der Waals surface area contributed by atoms with Crippen LogP contribution >= 0.6 is 0 Å². The van der Waals surface area contributed by atoms with E-state index in [9.17, 15) is 14.0 Å². The molecule has 1 aromatic carbocycles. The maximum absolute atomic E-state index is 13.1. The van der Waals surface area contributed by atoms with Gasteiger partial charge in [-0.25, -0.2) is 4.39 Å². The van der Waals surface area contributed by atoms with E-state index in [1.807, 2.05) is 13.8 Å². The number of carboxylic acids is 1. The summed E-state index contributed by atoms with van der Waals surface area (Å²) in [5.74, 6) is -3.01. The lowest BCUT2D eigenvalue weighted by molar-refractivity contribution is -0.140. The Kier molecular flexibility index (Phi) is 5.48. The Morgan fingerprint density at radius 2 is 2.11 bits per heavy atom. The molecule has 1 aromatic rings. The number of nitrogens with one attached hydrogen (secondary N) is 1. The number of hydrogen-bond acceptors (Lipinski definition) is 2. The number of hydrogen-bond donors (Lipinski definition) is 2. The van der Waals surface area contributed by atoms with Crippen molar-refractivity contribution in [2.45, 2.75) is 38.6 Å². The fraction of sp³-hybridized carbons (Fsp3) is 0.429. The largest absolute Gasteiger partial charge is 0.481 e. The van der Waals surface area contributed by atoms with Crippen LogP contribution in [-0.2, 0) is 9.59 Å². The van der Waals surface area contributed by atoms with E-state index in [1.165, 1.54) is 18.2 Å². The van der Waals surface area contributed by atoms with Gasteiger partial charge in [0.25, 0.3) is 0 Å². The number of carboxylic acid groups (broad SMARTS) is 1. The number of carbonyl (C=O) groups is 2. The summed E-state index contributed by atoms with van der Waals surface area (Å²) in [6.07, 6.45) is 0.576. The monoisotopic (exact) mass is 267 g/mol. The number of carbonyl (C=O) groups excluding carboxylic acids is 1. The highest BCUT2D eigenvalue weighted by molar-refractivity contribution is 5.85. The third-order valence-corrected chi connectivity index (χ3v) is 2.96. The van der Waals surface area contributed by atoms with Crippen LogP contribution in [0, 0.1) is 5.82 Å². The summed E-state index contributed by atoms with van der Waals surface area (Å²) >= 11 is 0. The van der Waals surface area contributed by atoms with Crippen molar-refractivity contribution in [1.29, 1.82) is 0 Å². The number of aliphatic carboxylic acids is 1. The fourth-order valence-corrected chi connectivity index (χ4v) is 1.69. The molecule has 104 valence electrons. The molecule has 4 nitrogen and oxygen atoms in total. The average Bonchev–Trinajstić information content (AvgIpc) is 2.35. The van der Waals surface area contributed by atoms with Gasteiger partial charge < -0.3 is 10.4 Å². The van der Waals surface area contributed by atoms with E-state index in [1.54, 1.807) is 0 Å². The van der Waals surface area contributed by atoms with Crippen molar-refractivity contribution in [2.24, 2.45) is 0 Å². The van der Waals surface area contributed by atoms with Gasteiger partial charge in [-0.1, -0.05) is 19.1 Å². The van der Waals surface area contributed by atoms with Gasteiger partial charge in [0.1, 0.15) is 5.82 Å². The van der Waals surface area contributed by atoms with Crippen LogP contribution in [0.4, 0.5) is 4.39 Å². The molecule has 0 heterocycles. The molecule has 2 N–H and O–H groups in total. The maximum Gasteiger partial charge on any atom is 0.311 e. The van der Waals surface area contributed by atoms with Crippen molar-refractivity contribution in [3.63, 3.8) is 0 Å². The van der Waals surface area contributed by atoms with E-state index in [4.69, 9.17) is 5.11 Å². The molecule has 0 fully saturated rings. The molecule has 0 aliphatic heterocycles. The lowest BCUT2D eigenvalue weighted by atomic mass is 9.95. The number of amides is 1. The molecule has 0 aliphatic rings. The van der Waals surface area contributed by atoms with Crippen LogP contribution < -0.4 is 5.32 Å². The normalized spacial score (nSPS) is 13.6. The molecule has 0 spiro atoms. The molecule has 0 bridgehead atoms. The van der Waals surface area contributed by atoms with Crippen molar-refractivity contribution in [1.82, 2.24) is 5.32 Å². The lowest BCUT2D eigenvalue weighted by Gasteiger charge is -2.15. The van der Waals surface area contributed by atoms with E-state index in [-0.39, 0.29) is 18.4 Å². The first kappa shape index (κ1) is 15.1. The molecular formula is C14H18FNO3. The van der Waals surface area contributed by atoms with E-state index < -0.39 is 17.7 Å². The molecule has 0 aromatic heterocycles. The lowest BCUT2D eigenvalue weighted by Crippen LogP contribution is -2.34. The van der Waals surface area contributed by atoms with Gasteiger partial charge in [0.15, 0.2) is 0 Å². The van der Waals surface area contributed by atoms with E-state index in [0.717, 1.165) is 12.5 Å². The van der Waals surface area contributed by atoms with Crippen LogP contribution in [0.2, 0.25) is 0 Å². The summed E-state index contributed by atoms with van der Waals surface area (Å²) in [6.45, 7) is 3.77. The Labute approximate surface area is 111 Å². The molecule has 0 radical (unpaired) electrons. The maximum atomic E-state index is 13.1. The highest BCUT2D eigenvalue weighted by Gasteiger charge is 2.24. The van der Waals surface area contributed by atoms with Crippen LogP contribution in [0.3, 0.4) is 0 Å². The summed E-state index contributed by atoms with van der Waals surface area (Å²) in [6, 6.07) is 5.33. The molecule has 1 amide bonds. The second-order valence-electron chi connectivity index (χ2n) is 4.53. The highest BCUT2D eigenvalue weighted by Crippen LogP contribution is 2.21. The van der Waals surface area contributed by atoms with Gasteiger partial charge >= 0.3 is 5.97 Å². The van der Waals surface area contributed by atoms with Crippen molar-refractivity contribution >= 4 is 11.9 Å². The zero-order valence-electron chi connectivity index (χ0n) is 11.0. The molecule has 1 rings (SSSR count). The summed E-state index contributed by atoms with van der Waals surface area (Å²) in [7, 11) is 0. The second-order valence-corrected chi connectivity index (χ2v) is 4.53. The third-order valence-electron chi connectivity index (χ3n) is 2.96. The Hall–Kier alpha value is -1.91. The van der Waals surface area contributed by atoms with E-state index in [0.29, 0.717) is 5.56 Å². The summed E-state index contributed by atoms with van der Waals surface area (Å²) < 4.78 is 13.1. The Morgan fingerprint density at radius 3 is 2.63 bits per heavy atom. The summed E-state index contributed by atoms with van der Waals surface area (Å²) in [4.78, 5) is 22.9. The first-order valence-corrected chi connectivity index (χ1v) is 6.21. The van der Waals surface area contributed by atoms with Gasteiger partial charge in [-0.3, -0.25) is 9.59 Å². The summed E-state index contributed by atoms with van der Waals surface area (Å²) in [5, 5.41) is 11.9. The van der Waals surface area contributed by atoms with Crippen molar-refractivity contribution in [3.8, 4) is 0 Å². The molecule has 19 heavy (non-hydrogen) atoms. The topological polar surface area (TPSA) is 66.4 Å². The van der Waals surface area contributed by atoms with Crippen LogP contribution in [0.15, 0.2) is 24.3 Å². The SMILES string of the molecule is CCC(C)NC(=O)CC(C(=O)O)c1cccc(F)c1. The van der Waals surface area contributed by atoms with Gasteiger partial charge in [0.05, 0.1) is 5.92 Å². The van der Waals surface area contributed by atoms with E-state index >= 15 is 0 Å². The Bertz CT molecular complexity index is 462. The minimum Gasteiger partial charge on any atom is -0.481 e. The van der Waals surface area contributed by atoms with Gasteiger partial charge in [-0.15, -0.1) is 0 Å². The van der Waals surface area contributed by atoms with Crippen molar-refractivity contribution < 1.29 is 19.1 Å². The first-order chi connectivity index (χ1) is 8.93. The average molecular weight is 267 g/mol. The minimum atomic E-state index is -1.13. The Balaban J connectivity index is 2.79. The minimum absolute atomic E-state index is 0.00513. The third kappa shape index (κ3) is 4.69. The predicted molar refractivity (Wildman–Crippen MR) is 69.3 cm³/mol. The number of rotatable bonds is 6. The van der Waals surface area contributed by atoms with Crippen LogP contribution in [-0.4, -0.2) is 23.0 Å². The van der Waals surface area contributed by atoms with Crippen molar-refractivity contribution in [2.75, 3.05) is 0 Å². The Morgan fingerprint density at radius 1 is 1.42 bits per heavy atom. The van der Waals surface area contributed by atoms with Crippen LogP contribution in [0.1, 0.15) is 38.2 Å². The zero-order chi connectivity index (χ0) is 14.4. The molecule has 2 atom stereocenters. The highest BCUT2D eigenvalue weighted by atomic mass is 19.1. The fourth-order valence-electron chi connectivity index (χ4n) is 1.69. The van der Waals surface area contributed by atoms with Crippen molar-refractivity contribution in [3.05, 3.63) is 35.6 Å². The van der Waals surface area contributed by atoms with Gasteiger partial charge in [-0.05, 0) is 31.0 Å². The number of benzene rings is 1. The predicted octanol–water partition coefficient (Wildman–Crippen LogP) is 2.30. The molecule has 0 saturated carbocycles. The van der Waals surface area contributed by atoms with E-state index in [2.05, 4.69) is 5.32 Å². The molecule has 2 unspecified atom stereocenters. The van der Waals surface area contributed by atoms with Gasteiger partial charge in [0, 0.05) is 12.5 Å². The quantitative estimate of drug-likeness (QED) is 0.831. The molecular weight excluding hydrogens is 249 g/mol. The van der Waals surface area contributed by atoms with Gasteiger partial charge in [-0.2, -0.15) is 0 Å². The molecule has 0 saturated heterocycles. The van der Waals surface area contributed by atoms with Crippen LogP contribution in [0.25, 0.3) is 0 Å². The standard InChI is InChI=1S/C14H18FNO3/c1-3-9(2)16-13(17)8-12(14(18)19)10-5-4-6-11(15)7-10/h4-7,9,12H,3,8H2,1-2H3,(H,16,17)(H,18,19). The number of halogens is 1. The zero-order valence-corrected chi connectivity index (χ0v) is 11.0. The molecule has 0 aliphatic carbocycles. The summed E-state index contributed by atoms with van der Waals surface area (Å²) in [5.41, 5.74) is 0.298. The molecule has 5 heteroatoms.